The molecule has 19 heavy (non-hydrogen) atoms. The van der Waals surface area contributed by atoms with Gasteiger partial charge in [-0.2, -0.15) is 0 Å². The molecule has 0 unspecified atom stereocenters. The molecule has 0 saturated heterocycles. The fourth-order valence-corrected chi connectivity index (χ4v) is 2.70. The Labute approximate surface area is 126 Å². The molecular formula is C12H10Br2N4O. The molecule has 1 amide bonds. The van der Waals surface area contributed by atoms with E-state index in [0.717, 1.165) is 14.6 Å². The number of primary amides is 1. The summed E-state index contributed by atoms with van der Waals surface area (Å²) in [6.07, 6.45) is 1.46. The van der Waals surface area contributed by atoms with Crippen LogP contribution in [0.25, 0.3) is 0 Å². The third-order valence-electron chi connectivity index (χ3n) is 2.38. The first-order valence-corrected chi connectivity index (χ1v) is 6.84. The normalized spacial score (nSPS) is 10.2. The highest BCUT2D eigenvalue weighted by Crippen LogP contribution is 2.33. The maximum absolute atomic E-state index is 11.4. The second-order valence-electron chi connectivity index (χ2n) is 3.75. The number of nitrogens with one attached hydrogen (secondary N) is 1. The smallest absolute Gasteiger partial charge is 0.252 e. The lowest BCUT2D eigenvalue weighted by Crippen LogP contribution is -2.15. The predicted octanol–water partition coefficient (Wildman–Crippen LogP) is 3.03. The lowest BCUT2D eigenvalue weighted by Gasteiger charge is -2.12. The molecule has 1 aromatic heterocycles. The lowest BCUT2D eigenvalue weighted by molar-refractivity contribution is 0.100. The van der Waals surface area contributed by atoms with Crippen LogP contribution in [0.15, 0.2) is 39.4 Å². The fraction of sp³-hybridized carbons (Fsp3) is 0. The fourth-order valence-electron chi connectivity index (χ4n) is 1.50. The zero-order valence-corrected chi connectivity index (χ0v) is 12.8. The maximum Gasteiger partial charge on any atom is 0.252 e. The highest BCUT2D eigenvalue weighted by molar-refractivity contribution is 9.11. The van der Waals surface area contributed by atoms with Crippen LogP contribution in [-0.4, -0.2) is 10.9 Å². The third-order valence-corrected chi connectivity index (χ3v) is 3.70. The molecule has 1 heterocycles. The summed E-state index contributed by atoms with van der Waals surface area (Å²) in [6, 6.07) is 7.11. The number of pyridine rings is 1. The summed E-state index contributed by atoms with van der Waals surface area (Å²) in [7, 11) is 0. The Hall–Kier alpha value is -1.60. The van der Waals surface area contributed by atoms with Crippen LogP contribution in [0.5, 0.6) is 0 Å². The predicted molar refractivity (Wildman–Crippen MR) is 82.3 cm³/mol. The first-order chi connectivity index (χ1) is 8.99. The van der Waals surface area contributed by atoms with Gasteiger partial charge >= 0.3 is 0 Å². The van der Waals surface area contributed by atoms with E-state index in [0.29, 0.717) is 11.5 Å². The Bertz CT molecular complexity index is 625. The number of para-hydroxylation sites is 1. The molecule has 0 radical (unpaired) electrons. The van der Waals surface area contributed by atoms with Gasteiger partial charge in [-0.1, -0.05) is 6.07 Å². The molecular weight excluding hydrogens is 376 g/mol. The summed E-state index contributed by atoms with van der Waals surface area (Å²) in [5, 5.41) is 3.06. The van der Waals surface area contributed by atoms with Crippen LogP contribution < -0.4 is 16.8 Å². The molecule has 0 aliphatic rings. The summed E-state index contributed by atoms with van der Waals surface area (Å²) < 4.78 is 1.66. The molecule has 2 rings (SSSR count). The van der Waals surface area contributed by atoms with Gasteiger partial charge in [0.25, 0.3) is 5.91 Å². The van der Waals surface area contributed by atoms with Gasteiger partial charge in [0, 0.05) is 8.95 Å². The number of carbonyl (C=O) groups excluding carboxylic acids is 1. The van der Waals surface area contributed by atoms with Crippen LogP contribution in [0.2, 0.25) is 0 Å². The van der Waals surface area contributed by atoms with Gasteiger partial charge in [-0.05, 0) is 50.1 Å². The van der Waals surface area contributed by atoms with Crippen LogP contribution in [0.1, 0.15) is 10.4 Å². The number of aromatic nitrogens is 1. The van der Waals surface area contributed by atoms with Crippen molar-refractivity contribution in [2.24, 2.45) is 5.73 Å². The van der Waals surface area contributed by atoms with Gasteiger partial charge in [-0.25, -0.2) is 4.98 Å². The summed E-state index contributed by atoms with van der Waals surface area (Å²) in [4.78, 5) is 15.5. The molecule has 0 aliphatic heterocycles. The number of anilines is 3. The highest BCUT2D eigenvalue weighted by Gasteiger charge is 2.13. The van der Waals surface area contributed by atoms with E-state index in [9.17, 15) is 4.79 Å². The zero-order valence-electron chi connectivity index (χ0n) is 9.65. The SMILES string of the molecule is NC(=O)c1cc(N)cnc1Nc1c(Br)cccc1Br. The number of nitrogen functional groups attached to an aromatic ring is 1. The van der Waals surface area contributed by atoms with Gasteiger partial charge in [-0.3, -0.25) is 4.79 Å². The first kappa shape index (κ1) is 13.8. The van der Waals surface area contributed by atoms with Crippen molar-refractivity contribution in [3.8, 4) is 0 Å². The van der Waals surface area contributed by atoms with Gasteiger partial charge in [0.15, 0.2) is 0 Å². The summed E-state index contributed by atoms with van der Waals surface area (Å²) in [6.45, 7) is 0. The Morgan fingerprint density at radius 3 is 2.47 bits per heavy atom. The third kappa shape index (κ3) is 3.05. The van der Waals surface area contributed by atoms with E-state index in [1.807, 2.05) is 18.2 Å². The number of hydrogen-bond acceptors (Lipinski definition) is 4. The van der Waals surface area contributed by atoms with Crippen molar-refractivity contribution < 1.29 is 4.79 Å². The van der Waals surface area contributed by atoms with Crippen molar-refractivity contribution in [2.45, 2.75) is 0 Å². The largest absolute Gasteiger partial charge is 0.397 e. The van der Waals surface area contributed by atoms with Crippen LogP contribution in [0, 0.1) is 0 Å². The minimum atomic E-state index is -0.592. The van der Waals surface area contributed by atoms with E-state index in [1.54, 1.807) is 0 Å². The minimum Gasteiger partial charge on any atom is -0.397 e. The number of nitrogens with zero attached hydrogens (tertiary/aromatic N) is 1. The van der Waals surface area contributed by atoms with Crippen molar-refractivity contribution in [3.63, 3.8) is 0 Å². The number of amides is 1. The van der Waals surface area contributed by atoms with Crippen LogP contribution in [0.3, 0.4) is 0 Å². The van der Waals surface area contributed by atoms with E-state index in [4.69, 9.17) is 11.5 Å². The summed E-state index contributed by atoms with van der Waals surface area (Å²) in [5.41, 5.74) is 12.3. The van der Waals surface area contributed by atoms with Crippen molar-refractivity contribution in [1.82, 2.24) is 4.98 Å². The molecule has 98 valence electrons. The quantitative estimate of drug-likeness (QED) is 0.756. The van der Waals surface area contributed by atoms with Gasteiger partial charge in [0.1, 0.15) is 5.82 Å². The zero-order chi connectivity index (χ0) is 14.0. The molecule has 0 atom stereocenters. The second kappa shape index (κ2) is 5.58. The minimum absolute atomic E-state index is 0.239. The number of nitrogens with two attached hydrogens (primary N) is 2. The average molecular weight is 386 g/mol. The van der Waals surface area contributed by atoms with Gasteiger partial charge in [0.05, 0.1) is 23.1 Å². The Morgan fingerprint density at radius 1 is 1.26 bits per heavy atom. The van der Waals surface area contributed by atoms with E-state index in [1.165, 1.54) is 12.3 Å². The first-order valence-electron chi connectivity index (χ1n) is 5.25. The number of halogens is 2. The molecule has 0 saturated carbocycles. The number of benzene rings is 1. The Balaban J connectivity index is 2.47. The topological polar surface area (TPSA) is 94.0 Å². The molecule has 5 N–H and O–H groups in total. The summed E-state index contributed by atoms with van der Waals surface area (Å²) >= 11 is 6.84. The second-order valence-corrected chi connectivity index (χ2v) is 5.46. The standard InChI is InChI=1S/C12H10Br2N4O/c13-8-2-1-3-9(14)10(8)18-12-7(11(16)19)4-6(15)5-17-12/h1-5H,15H2,(H2,16,19)(H,17,18). The monoisotopic (exact) mass is 384 g/mol. The van der Waals surface area contributed by atoms with Crippen molar-refractivity contribution in [3.05, 3.63) is 45.0 Å². The van der Waals surface area contributed by atoms with Crippen LogP contribution in [0.4, 0.5) is 17.2 Å². The van der Waals surface area contributed by atoms with Gasteiger partial charge in [-0.15, -0.1) is 0 Å². The van der Waals surface area contributed by atoms with E-state index < -0.39 is 5.91 Å². The number of hydrogen-bond donors (Lipinski definition) is 3. The number of rotatable bonds is 3. The Morgan fingerprint density at radius 2 is 1.89 bits per heavy atom. The number of carbonyl (C=O) groups is 1. The highest BCUT2D eigenvalue weighted by atomic mass is 79.9. The molecule has 7 heteroatoms. The van der Waals surface area contributed by atoms with Crippen LogP contribution in [-0.2, 0) is 0 Å². The van der Waals surface area contributed by atoms with Gasteiger partial charge in [0.2, 0.25) is 0 Å². The van der Waals surface area contributed by atoms with E-state index in [-0.39, 0.29) is 5.56 Å². The van der Waals surface area contributed by atoms with Crippen molar-refractivity contribution >= 4 is 55.0 Å². The van der Waals surface area contributed by atoms with Gasteiger partial charge < -0.3 is 16.8 Å². The van der Waals surface area contributed by atoms with E-state index in [2.05, 4.69) is 42.2 Å². The maximum atomic E-state index is 11.4. The van der Waals surface area contributed by atoms with E-state index >= 15 is 0 Å². The molecule has 5 nitrogen and oxygen atoms in total. The lowest BCUT2D eigenvalue weighted by atomic mass is 10.2. The van der Waals surface area contributed by atoms with Crippen LogP contribution >= 0.6 is 31.9 Å². The molecule has 0 aliphatic carbocycles. The van der Waals surface area contributed by atoms with Crippen molar-refractivity contribution in [2.75, 3.05) is 11.1 Å². The molecule has 2 aromatic rings. The molecule has 1 aromatic carbocycles. The Kier molecular flexibility index (Phi) is 4.06. The molecule has 0 spiro atoms. The molecule has 0 bridgehead atoms. The van der Waals surface area contributed by atoms with Crippen molar-refractivity contribution in [1.29, 1.82) is 0 Å². The average Bonchev–Trinajstić information content (AvgIpc) is 2.35. The molecule has 0 fully saturated rings. The summed E-state index contributed by atoms with van der Waals surface area (Å²) in [5.74, 6) is -0.236.